The molecule has 1 aromatic carbocycles. The quantitative estimate of drug-likeness (QED) is 0.515. The first-order valence-corrected chi connectivity index (χ1v) is 10.5. The van der Waals surface area contributed by atoms with Crippen molar-refractivity contribution in [2.45, 2.75) is 40.0 Å². The van der Waals surface area contributed by atoms with Crippen LogP contribution in [0, 0.1) is 12.8 Å². The summed E-state index contributed by atoms with van der Waals surface area (Å²) in [6.07, 6.45) is 2.69. The number of carbonyl (C=O) groups is 3. The number of likely N-dealkylation sites (tertiary alicyclic amines) is 1. The van der Waals surface area contributed by atoms with E-state index in [1.54, 1.807) is 12.1 Å². The number of amides is 2. The molecule has 160 valence electrons. The van der Waals surface area contributed by atoms with Crippen molar-refractivity contribution in [3.8, 4) is 0 Å². The van der Waals surface area contributed by atoms with Crippen LogP contribution < -0.4 is 10.6 Å². The number of hydrogen-bond acceptors (Lipinski definition) is 4. The van der Waals surface area contributed by atoms with Gasteiger partial charge in [-0.3, -0.25) is 9.59 Å². The third kappa shape index (κ3) is 5.79. The van der Waals surface area contributed by atoms with E-state index in [0.717, 1.165) is 37.9 Å². The molecule has 2 unspecified atom stereocenters. The van der Waals surface area contributed by atoms with Crippen LogP contribution in [0.25, 0.3) is 0 Å². The maximum absolute atomic E-state index is 12.9. The minimum Gasteiger partial charge on any atom is -0.465 e. The van der Waals surface area contributed by atoms with E-state index < -0.39 is 5.97 Å². The molecule has 2 N–H and O–H groups in total. The van der Waals surface area contributed by atoms with Crippen molar-refractivity contribution < 1.29 is 23.6 Å². The first-order valence-electron chi connectivity index (χ1n) is 10.5. The molecule has 0 aliphatic carbocycles. The summed E-state index contributed by atoms with van der Waals surface area (Å²) in [6, 6.07) is 5.26. The molecule has 0 aromatic heterocycles. The third-order valence-electron chi connectivity index (χ3n) is 5.81. The van der Waals surface area contributed by atoms with E-state index in [0.29, 0.717) is 28.8 Å². The van der Waals surface area contributed by atoms with Gasteiger partial charge in [-0.05, 0) is 44.7 Å². The highest BCUT2D eigenvalue weighted by Crippen LogP contribution is 2.25. The molecule has 1 saturated heterocycles. The van der Waals surface area contributed by atoms with Crippen LogP contribution >= 0.6 is 0 Å². The Labute approximate surface area is 173 Å². The zero-order valence-electron chi connectivity index (χ0n) is 18.0. The minimum absolute atomic E-state index is 0.0628. The van der Waals surface area contributed by atoms with Gasteiger partial charge in [-0.25, -0.2) is 4.79 Å². The van der Waals surface area contributed by atoms with E-state index in [-0.39, 0.29) is 24.3 Å². The summed E-state index contributed by atoms with van der Waals surface area (Å²) in [5.74, 6) is -0.600. The Balaban J connectivity index is 2.12. The molecule has 1 aromatic rings. The number of benzene rings is 1. The van der Waals surface area contributed by atoms with E-state index in [1.807, 2.05) is 19.9 Å². The number of para-hydroxylation sites is 1. The monoisotopic (exact) mass is 404 g/mol. The van der Waals surface area contributed by atoms with Crippen molar-refractivity contribution in [3.63, 3.8) is 0 Å². The lowest BCUT2D eigenvalue weighted by atomic mass is 9.94. The summed E-state index contributed by atoms with van der Waals surface area (Å²) in [6.45, 7) is 9.23. The number of aryl methyl sites for hydroxylation is 1. The Morgan fingerprint density at radius 1 is 1.24 bits per heavy atom. The zero-order chi connectivity index (χ0) is 21.4. The normalized spacial score (nSPS) is 21.3. The predicted octanol–water partition coefficient (Wildman–Crippen LogP) is 2.49. The first kappa shape index (κ1) is 22.9. The first-order chi connectivity index (χ1) is 13.9. The standard InChI is InChI=1S/C22H33N3O4/c1-5-12-23-21(27)17-10-8-13-25(6-2,14-17)15-19(26)24-20-16(3)9-7-11-18(20)22(28)29-4/h7,9,11,17H,5-6,8,10,12-15H2,1-4H3,(H-,23,24,26,27,28)/p+1. The van der Waals surface area contributed by atoms with Crippen LogP contribution in [0.15, 0.2) is 18.2 Å². The second kappa shape index (κ2) is 10.4. The van der Waals surface area contributed by atoms with Gasteiger partial charge in [-0.15, -0.1) is 0 Å². The van der Waals surface area contributed by atoms with Crippen molar-refractivity contribution >= 4 is 23.5 Å². The number of likely N-dealkylation sites (N-methyl/N-ethyl adjacent to an activating group) is 1. The number of ether oxygens (including phenoxy) is 1. The van der Waals surface area contributed by atoms with Crippen molar-refractivity contribution in [1.82, 2.24) is 5.32 Å². The van der Waals surface area contributed by atoms with Gasteiger partial charge >= 0.3 is 5.97 Å². The number of nitrogens with one attached hydrogen (secondary N) is 2. The fraction of sp³-hybridized carbons (Fsp3) is 0.591. The zero-order valence-corrected chi connectivity index (χ0v) is 18.0. The molecule has 1 aliphatic rings. The van der Waals surface area contributed by atoms with Crippen molar-refractivity contribution in [2.75, 3.05) is 45.2 Å². The Morgan fingerprint density at radius 3 is 2.66 bits per heavy atom. The molecule has 1 heterocycles. The summed E-state index contributed by atoms with van der Waals surface area (Å²) >= 11 is 0. The number of nitrogens with zero attached hydrogens (tertiary/aromatic N) is 1. The number of quaternary nitrogens is 1. The molecule has 2 amide bonds. The summed E-state index contributed by atoms with van der Waals surface area (Å²) in [4.78, 5) is 37.5. The van der Waals surface area contributed by atoms with Gasteiger partial charge in [0.2, 0.25) is 5.91 Å². The van der Waals surface area contributed by atoms with Gasteiger partial charge in [-0.1, -0.05) is 19.1 Å². The van der Waals surface area contributed by atoms with Crippen LogP contribution in [0.4, 0.5) is 5.69 Å². The minimum atomic E-state index is -0.478. The van der Waals surface area contributed by atoms with Gasteiger partial charge in [-0.2, -0.15) is 0 Å². The van der Waals surface area contributed by atoms with Crippen LogP contribution in [0.2, 0.25) is 0 Å². The number of methoxy groups -OCH3 is 1. The molecule has 29 heavy (non-hydrogen) atoms. The van der Waals surface area contributed by atoms with Gasteiger partial charge < -0.3 is 19.9 Å². The largest absolute Gasteiger partial charge is 0.465 e. The van der Waals surface area contributed by atoms with E-state index in [9.17, 15) is 14.4 Å². The van der Waals surface area contributed by atoms with E-state index in [1.165, 1.54) is 7.11 Å². The molecule has 0 spiro atoms. The van der Waals surface area contributed by atoms with E-state index >= 15 is 0 Å². The number of hydrogen-bond donors (Lipinski definition) is 2. The lowest BCUT2D eigenvalue weighted by Gasteiger charge is -2.42. The van der Waals surface area contributed by atoms with Crippen molar-refractivity contribution in [2.24, 2.45) is 5.92 Å². The van der Waals surface area contributed by atoms with Crippen molar-refractivity contribution in [3.05, 3.63) is 29.3 Å². The second-order valence-electron chi connectivity index (χ2n) is 7.89. The Hall–Kier alpha value is -2.41. The molecule has 0 saturated carbocycles. The summed E-state index contributed by atoms with van der Waals surface area (Å²) in [5, 5.41) is 5.91. The van der Waals surface area contributed by atoms with Gasteiger partial charge in [0.25, 0.3) is 5.91 Å². The second-order valence-corrected chi connectivity index (χ2v) is 7.89. The number of piperidine rings is 1. The predicted molar refractivity (Wildman–Crippen MR) is 113 cm³/mol. The highest BCUT2D eigenvalue weighted by atomic mass is 16.5. The molecular weight excluding hydrogens is 370 g/mol. The number of rotatable bonds is 8. The van der Waals surface area contributed by atoms with Crippen LogP contribution in [0.1, 0.15) is 49.0 Å². The molecule has 1 aliphatic heterocycles. The van der Waals surface area contributed by atoms with Crippen LogP contribution in [-0.2, 0) is 14.3 Å². The maximum atomic E-state index is 12.9. The highest BCUT2D eigenvalue weighted by molar-refractivity contribution is 6.02. The van der Waals surface area contributed by atoms with E-state index in [2.05, 4.69) is 17.6 Å². The fourth-order valence-corrected chi connectivity index (χ4v) is 4.07. The van der Waals surface area contributed by atoms with Gasteiger partial charge in [0.05, 0.1) is 43.9 Å². The van der Waals surface area contributed by atoms with Crippen LogP contribution in [0.5, 0.6) is 0 Å². The highest BCUT2D eigenvalue weighted by Gasteiger charge is 2.38. The van der Waals surface area contributed by atoms with Gasteiger partial charge in [0.15, 0.2) is 6.54 Å². The molecule has 2 atom stereocenters. The lowest BCUT2D eigenvalue weighted by molar-refractivity contribution is -0.925. The number of anilines is 1. The third-order valence-corrected chi connectivity index (χ3v) is 5.81. The van der Waals surface area contributed by atoms with Gasteiger partial charge in [0, 0.05) is 6.54 Å². The van der Waals surface area contributed by atoms with Crippen molar-refractivity contribution in [1.29, 1.82) is 0 Å². The lowest BCUT2D eigenvalue weighted by Crippen LogP contribution is -2.59. The SMILES string of the molecule is CCCNC(=O)C1CCC[N+](CC)(CC(=O)Nc2c(C)cccc2C(=O)OC)C1. The van der Waals surface area contributed by atoms with Crippen LogP contribution in [0.3, 0.4) is 0 Å². The Bertz CT molecular complexity index is 750. The molecule has 7 heteroatoms. The molecule has 2 rings (SSSR count). The molecular formula is C22H34N3O4+. The summed E-state index contributed by atoms with van der Waals surface area (Å²) in [5.41, 5.74) is 1.65. The van der Waals surface area contributed by atoms with Crippen LogP contribution in [-0.4, -0.2) is 62.1 Å². The topological polar surface area (TPSA) is 84.5 Å². The number of carbonyl (C=O) groups excluding carboxylic acids is 3. The maximum Gasteiger partial charge on any atom is 0.339 e. The fourth-order valence-electron chi connectivity index (χ4n) is 4.07. The Morgan fingerprint density at radius 2 is 2.00 bits per heavy atom. The molecule has 7 nitrogen and oxygen atoms in total. The average Bonchev–Trinajstić information content (AvgIpc) is 2.72. The summed E-state index contributed by atoms with van der Waals surface area (Å²) < 4.78 is 5.42. The molecule has 0 radical (unpaired) electrons. The smallest absolute Gasteiger partial charge is 0.339 e. The Kier molecular flexibility index (Phi) is 8.20. The van der Waals surface area contributed by atoms with E-state index in [4.69, 9.17) is 4.74 Å². The molecule has 1 fully saturated rings. The summed E-state index contributed by atoms with van der Waals surface area (Å²) in [7, 11) is 1.32. The number of esters is 1. The van der Waals surface area contributed by atoms with Gasteiger partial charge in [0.1, 0.15) is 0 Å². The molecule has 0 bridgehead atoms. The average molecular weight is 405 g/mol.